The maximum Gasteiger partial charge on any atom is 0.264 e. The Morgan fingerprint density at radius 3 is 2.04 bits per heavy atom. The van der Waals surface area contributed by atoms with Gasteiger partial charge in [-0.25, -0.2) is 8.42 Å². The van der Waals surface area contributed by atoms with Gasteiger partial charge in [-0.2, -0.15) is 0 Å². The molecule has 0 unspecified atom stereocenters. The lowest BCUT2D eigenvalue weighted by Crippen LogP contribution is -2.30. The Bertz CT molecular complexity index is 950. The molecule has 0 aromatic heterocycles. The van der Waals surface area contributed by atoms with Gasteiger partial charge in [0, 0.05) is 0 Å². The van der Waals surface area contributed by atoms with Gasteiger partial charge in [0.25, 0.3) is 10.0 Å². The molecule has 0 aliphatic heterocycles. The monoisotopic (exact) mass is 367 g/mol. The van der Waals surface area contributed by atoms with E-state index in [2.05, 4.69) is 0 Å². The molecule has 0 heterocycles. The zero-order valence-corrected chi connectivity index (χ0v) is 15.6. The first-order valence-corrected chi connectivity index (χ1v) is 9.72. The van der Waals surface area contributed by atoms with Gasteiger partial charge in [-0.1, -0.05) is 48.0 Å². The smallest absolute Gasteiger partial charge is 0.264 e. The van der Waals surface area contributed by atoms with Crippen LogP contribution in [0.4, 0.5) is 5.69 Å². The Hall–Kier alpha value is -2.79. The zero-order valence-electron chi connectivity index (χ0n) is 14.8. The first-order valence-electron chi connectivity index (χ1n) is 8.28. The first-order chi connectivity index (χ1) is 12.5. The largest absolute Gasteiger partial charge is 0.497 e. The summed E-state index contributed by atoms with van der Waals surface area (Å²) in [5, 5.41) is 0. The normalized spacial score (nSPS) is 11.2. The molecule has 0 radical (unpaired) electrons. The molecular formula is C21H21NO3S. The predicted octanol–water partition coefficient (Wildman–Crippen LogP) is 4.40. The van der Waals surface area contributed by atoms with Crippen molar-refractivity contribution in [3.8, 4) is 5.75 Å². The number of nitrogens with zero attached hydrogens (tertiary/aromatic N) is 1. The molecule has 3 rings (SSSR count). The van der Waals surface area contributed by atoms with Gasteiger partial charge in [0.1, 0.15) is 5.75 Å². The molecule has 0 spiro atoms. The molecule has 0 fully saturated rings. The number of para-hydroxylation sites is 1. The molecule has 5 heteroatoms. The van der Waals surface area contributed by atoms with Crippen molar-refractivity contribution < 1.29 is 13.2 Å². The van der Waals surface area contributed by atoms with Gasteiger partial charge in [0.15, 0.2) is 0 Å². The molecule has 134 valence electrons. The van der Waals surface area contributed by atoms with Crippen molar-refractivity contribution in [2.45, 2.75) is 18.4 Å². The summed E-state index contributed by atoms with van der Waals surface area (Å²) in [6.45, 7) is 2.27. The number of hydrogen-bond donors (Lipinski definition) is 0. The third-order valence-electron chi connectivity index (χ3n) is 4.14. The predicted molar refractivity (Wildman–Crippen MR) is 104 cm³/mol. The van der Waals surface area contributed by atoms with Crippen LogP contribution in [0.15, 0.2) is 83.8 Å². The Kier molecular flexibility index (Phi) is 5.28. The number of methoxy groups -OCH3 is 1. The summed E-state index contributed by atoms with van der Waals surface area (Å²) in [6, 6.07) is 23.5. The maximum absolute atomic E-state index is 13.3. The van der Waals surface area contributed by atoms with Crippen molar-refractivity contribution in [3.05, 3.63) is 90.0 Å². The molecule has 0 aliphatic carbocycles. The summed E-state index contributed by atoms with van der Waals surface area (Å²) in [4.78, 5) is 0.231. The van der Waals surface area contributed by atoms with E-state index >= 15 is 0 Å². The van der Waals surface area contributed by atoms with Gasteiger partial charge in [-0.3, -0.25) is 4.31 Å². The zero-order chi connectivity index (χ0) is 18.6. The lowest BCUT2D eigenvalue weighted by molar-refractivity contribution is 0.414. The Balaban J connectivity index is 2.02. The van der Waals surface area contributed by atoms with Gasteiger partial charge in [-0.15, -0.1) is 0 Å². The molecule has 0 atom stereocenters. The number of rotatable bonds is 6. The molecule has 0 saturated heterocycles. The number of anilines is 1. The molecule has 3 aromatic carbocycles. The van der Waals surface area contributed by atoms with Crippen LogP contribution in [0.1, 0.15) is 11.1 Å². The molecule has 0 bridgehead atoms. The van der Waals surface area contributed by atoms with E-state index < -0.39 is 10.0 Å². The quantitative estimate of drug-likeness (QED) is 0.649. The van der Waals surface area contributed by atoms with E-state index in [-0.39, 0.29) is 11.4 Å². The molecule has 0 aliphatic rings. The Morgan fingerprint density at radius 2 is 1.46 bits per heavy atom. The van der Waals surface area contributed by atoms with Gasteiger partial charge >= 0.3 is 0 Å². The van der Waals surface area contributed by atoms with Crippen LogP contribution in [-0.4, -0.2) is 15.5 Å². The maximum atomic E-state index is 13.3. The highest BCUT2D eigenvalue weighted by atomic mass is 32.2. The molecule has 0 amide bonds. The van der Waals surface area contributed by atoms with Crippen LogP contribution in [0.25, 0.3) is 0 Å². The lowest BCUT2D eigenvalue weighted by atomic mass is 10.1. The van der Waals surface area contributed by atoms with Crippen molar-refractivity contribution in [2.75, 3.05) is 11.4 Å². The minimum absolute atomic E-state index is 0.231. The van der Waals surface area contributed by atoms with E-state index in [0.29, 0.717) is 11.4 Å². The van der Waals surface area contributed by atoms with Crippen LogP contribution < -0.4 is 9.04 Å². The van der Waals surface area contributed by atoms with Crippen molar-refractivity contribution in [2.24, 2.45) is 0 Å². The Labute approximate surface area is 154 Å². The number of benzene rings is 3. The second kappa shape index (κ2) is 7.62. The summed E-state index contributed by atoms with van der Waals surface area (Å²) in [5.74, 6) is 0.619. The van der Waals surface area contributed by atoms with Crippen LogP contribution in [-0.2, 0) is 16.6 Å². The average molecular weight is 367 g/mol. The van der Waals surface area contributed by atoms with Crippen molar-refractivity contribution in [1.82, 2.24) is 0 Å². The summed E-state index contributed by atoms with van der Waals surface area (Å²) in [5.41, 5.74) is 2.69. The van der Waals surface area contributed by atoms with Gasteiger partial charge < -0.3 is 4.74 Å². The van der Waals surface area contributed by atoms with E-state index in [4.69, 9.17) is 4.74 Å². The Morgan fingerprint density at radius 1 is 0.846 bits per heavy atom. The van der Waals surface area contributed by atoms with Gasteiger partial charge in [-0.05, 0) is 48.9 Å². The third-order valence-corrected chi connectivity index (χ3v) is 5.93. The fourth-order valence-corrected chi connectivity index (χ4v) is 4.10. The second-order valence-corrected chi connectivity index (χ2v) is 7.87. The average Bonchev–Trinajstić information content (AvgIpc) is 2.68. The summed E-state index contributed by atoms with van der Waals surface area (Å²) >= 11 is 0. The number of sulfonamides is 1. The first kappa shape index (κ1) is 18.0. The van der Waals surface area contributed by atoms with Crippen molar-refractivity contribution in [1.29, 1.82) is 0 Å². The second-order valence-electron chi connectivity index (χ2n) is 6.01. The molecule has 26 heavy (non-hydrogen) atoms. The van der Waals surface area contributed by atoms with E-state index in [1.165, 1.54) is 4.31 Å². The molecule has 0 N–H and O–H groups in total. The third kappa shape index (κ3) is 3.89. The fourth-order valence-electron chi connectivity index (χ4n) is 2.64. The van der Waals surface area contributed by atoms with E-state index in [9.17, 15) is 8.42 Å². The number of aryl methyl sites for hydroxylation is 1. The van der Waals surface area contributed by atoms with Crippen molar-refractivity contribution >= 4 is 15.7 Å². The van der Waals surface area contributed by atoms with Gasteiger partial charge in [0.05, 0.1) is 24.2 Å². The van der Waals surface area contributed by atoms with Crippen LogP contribution in [0.2, 0.25) is 0 Å². The summed E-state index contributed by atoms with van der Waals surface area (Å²) < 4.78 is 33.1. The molecule has 3 aromatic rings. The van der Waals surface area contributed by atoms with E-state index in [1.54, 1.807) is 43.5 Å². The minimum Gasteiger partial charge on any atom is -0.497 e. The van der Waals surface area contributed by atoms with Crippen molar-refractivity contribution in [3.63, 3.8) is 0 Å². The molecular weight excluding hydrogens is 346 g/mol. The van der Waals surface area contributed by atoms with Crippen LogP contribution in [0.5, 0.6) is 5.75 Å². The highest BCUT2D eigenvalue weighted by Gasteiger charge is 2.25. The SMILES string of the molecule is COc1ccc(S(=O)(=O)N(Cc2ccc(C)cc2)c2ccccc2)cc1. The molecule has 4 nitrogen and oxygen atoms in total. The highest BCUT2D eigenvalue weighted by molar-refractivity contribution is 7.92. The summed E-state index contributed by atoms with van der Waals surface area (Å²) in [7, 11) is -2.16. The highest BCUT2D eigenvalue weighted by Crippen LogP contribution is 2.27. The van der Waals surface area contributed by atoms with E-state index in [1.807, 2.05) is 49.4 Å². The van der Waals surface area contributed by atoms with Crippen LogP contribution >= 0.6 is 0 Å². The minimum atomic E-state index is -3.71. The number of ether oxygens (including phenoxy) is 1. The fraction of sp³-hybridized carbons (Fsp3) is 0.143. The van der Waals surface area contributed by atoms with Crippen LogP contribution in [0.3, 0.4) is 0 Å². The van der Waals surface area contributed by atoms with Gasteiger partial charge in [0.2, 0.25) is 0 Å². The standard InChI is InChI=1S/C21H21NO3S/c1-17-8-10-18(11-9-17)16-22(19-6-4-3-5-7-19)26(23,24)21-14-12-20(25-2)13-15-21/h3-15H,16H2,1-2H3. The van der Waals surface area contributed by atoms with E-state index in [0.717, 1.165) is 11.1 Å². The molecule has 0 saturated carbocycles. The van der Waals surface area contributed by atoms with Crippen LogP contribution in [0, 0.1) is 6.92 Å². The topological polar surface area (TPSA) is 46.6 Å². The lowest BCUT2D eigenvalue weighted by Gasteiger charge is -2.25. The summed E-state index contributed by atoms with van der Waals surface area (Å²) in [6.07, 6.45) is 0. The number of hydrogen-bond acceptors (Lipinski definition) is 3.